The van der Waals surface area contributed by atoms with E-state index < -0.39 is 5.97 Å². The molecule has 2 heteroatoms. The average Bonchev–Trinajstić information content (AvgIpc) is 2.87. The number of carbonyl (C=O) groups excluding carboxylic acids is 1. The van der Waals surface area contributed by atoms with Crippen molar-refractivity contribution >= 4 is 5.97 Å². The van der Waals surface area contributed by atoms with E-state index in [0.29, 0.717) is 5.92 Å². The van der Waals surface area contributed by atoms with Crippen molar-refractivity contribution < 1.29 is 9.90 Å². The molecule has 0 fully saturated rings. The third-order valence-electron chi connectivity index (χ3n) is 8.29. The van der Waals surface area contributed by atoms with Gasteiger partial charge in [0.25, 0.3) is 0 Å². The lowest BCUT2D eigenvalue weighted by Gasteiger charge is -2.25. The van der Waals surface area contributed by atoms with Crippen LogP contribution in [0.25, 0.3) is 0 Å². The molecule has 1 unspecified atom stereocenters. The molecule has 0 aliphatic heterocycles. The van der Waals surface area contributed by atoms with Gasteiger partial charge in [0.1, 0.15) is 0 Å². The normalized spacial score (nSPS) is 12.4. The van der Waals surface area contributed by atoms with E-state index in [9.17, 15) is 9.90 Å². The van der Waals surface area contributed by atoms with E-state index in [1.165, 1.54) is 161 Å². The van der Waals surface area contributed by atoms with Crippen molar-refractivity contribution in [2.75, 3.05) is 0 Å². The van der Waals surface area contributed by atoms with Crippen LogP contribution in [0.5, 0.6) is 0 Å². The van der Waals surface area contributed by atoms with E-state index in [4.69, 9.17) is 0 Å². The summed E-state index contributed by atoms with van der Waals surface area (Å²) in [6, 6.07) is 0. The van der Waals surface area contributed by atoms with Gasteiger partial charge in [0.15, 0.2) is 0 Å². The van der Waals surface area contributed by atoms with Crippen LogP contribution in [0.3, 0.4) is 0 Å². The van der Waals surface area contributed by atoms with Crippen LogP contribution < -0.4 is 5.11 Å². The first-order valence-corrected chi connectivity index (χ1v) is 16.9. The second kappa shape index (κ2) is 29.0. The van der Waals surface area contributed by atoms with Gasteiger partial charge >= 0.3 is 0 Å². The van der Waals surface area contributed by atoms with E-state index in [0.717, 1.165) is 19.3 Å². The standard InChI is InChI=1S/C34H68O2/c1-4-7-10-13-16-17-18-19-20-21-24-27-30-33(34(35)36)31-32(28-25-22-14-11-8-5-2)29-26-23-15-12-9-6-3/h32-33H,4-31H2,1-3H3,(H,35,36)/p-1. The molecule has 0 aliphatic carbocycles. The molecule has 0 aliphatic rings. The maximum absolute atomic E-state index is 12.0. The Kier molecular flexibility index (Phi) is 28.6. The first kappa shape index (κ1) is 35.5. The zero-order valence-corrected chi connectivity index (χ0v) is 25.3. The summed E-state index contributed by atoms with van der Waals surface area (Å²) in [5.74, 6) is -0.421. The van der Waals surface area contributed by atoms with Crippen LogP contribution in [0.4, 0.5) is 0 Å². The molecule has 0 bridgehead atoms. The third kappa shape index (κ3) is 25.1. The lowest BCUT2D eigenvalue weighted by Crippen LogP contribution is -2.32. The largest absolute Gasteiger partial charge is 0.550 e. The van der Waals surface area contributed by atoms with Crippen molar-refractivity contribution in [2.24, 2.45) is 11.8 Å². The minimum Gasteiger partial charge on any atom is -0.550 e. The Bertz CT molecular complexity index is 417. The average molecular weight is 508 g/mol. The smallest absolute Gasteiger partial charge is 0.0445 e. The van der Waals surface area contributed by atoms with Crippen LogP contribution in [-0.4, -0.2) is 5.97 Å². The highest BCUT2D eigenvalue weighted by molar-refractivity contribution is 5.67. The molecule has 2 nitrogen and oxygen atoms in total. The third-order valence-corrected chi connectivity index (χ3v) is 8.29. The molecule has 0 aromatic rings. The lowest BCUT2D eigenvalue weighted by atomic mass is 9.84. The molecule has 0 amide bonds. The van der Waals surface area contributed by atoms with E-state index in [1.807, 2.05) is 0 Å². The monoisotopic (exact) mass is 508 g/mol. The molecule has 36 heavy (non-hydrogen) atoms. The first-order chi connectivity index (χ1) is 17.7. The van der Waals surface area contributed by atoms with Crippen molar-refractivity contribution in [3.05, 3.63) is 0 Å². The zero-order chi connectivity index (χ0) is 26.5. The summed E-state index contributed by atoms with van der Waals surface area (Å²) in [5.41, 5.74) is 0. The zero-order valence-electron chi connectivity index (χ0n) is 25.3. The number of unbranched alkanes of at least 4 members (excludes halogenated alkanes) is 21. The fraction of sp³-hybridized carbons (Fsp3) is 0.971. The highest BCUT2D eigenvalue weighted by Crippen LogP contribution is 2.28. The topological polar surface area (TPSA) is 40.1 Å². The van der Waals surface area contributed by atoms with Gasteiger partial charge in [0.2, 0.25) is 0 Å². The predicted molar refractivity (Wildman–Crippen MR) is 158 cm³/mol. The molecule has 0 saturated heterocycles. The molecule has 0 spiro atoms. The summed E-state index contributed by atoms with van der Waals surface area (Å²) in [5, 5.41) is 12.0. The number of hydrogen-bond donors (Lipinski definition) is 0. The Morgan fingerprint density at radius 2 is 0.722 bits per heavy atom. The predicted octanol–water partition coefficient (Wildman–Crippen LogP) is 11.0. The summed E-state index contributed by atoms with van der Waals surface area (Å²) in [7, 11) is 0. The summed E-state index contributed by atoms with van der Waals surface area (Å²) in [6.07, 6.45) is 36.0. The van der Waals surface area contributed by atoms with Crippen molar-refractivity contribution in [3.63, 3.8) is 0 Å². The second-order valence-electron chi connectivity index (χ2n) is 11.9. The number of carboxylic acid groups (broad SMARTS) is 1. The Morgan fingerprint density at radius 3 is 1.03 bits per heavy atom. The molecule has 0 rings (SSSR count). The number of aliphatic carboxylic acids is 1. The molecular weight excluding hydrogens is 440 g/mol. The van der Waals surface area contributed by atoms with Gasteiger partial charge in [0.05, 0.1) is 0 Å². The molecule has 0 heterocycles. The number of hydrogen-bond acceptors (Lipinski definition) is 2. The molecule has 1 atom stereocenters. The van der Waals surface area contributed by atoms with Gasteiger partial charge in [0, 0.05) is 5.97 Å². The quantitative estimate of drug-likeness (QED) is 0.0907. The Labute approximate surface area is 228 Å². The SMILES string of the molecule is CCCCCCCCCCCCCCC(CC(CCCCCCCC)CCCCCCCC)C(=O)[O-]. The number of rotatable bonds is 30. The summed E-state index contributed by atoms with van der Waals surface area (Å²) < 4.78 is 0. The Balaban J connectivity index is 4.17. The van der Waals surface area contributed by atoms with Crippen LogP contribution in [-0.2, 0) is 4.79 Å². The first-order valence-electron chi connectivity index (χ1n) is 16.9. The number of carbonyl (C=O) groups is 1. The van der Waals surface area contributed by atoms with Gasteiger partial charge in [-0.15, -0.1) is 0 Å². The summed E-state index contributed by atoms with van der Waals surface area (Å²) in [6.45, 7) is 6.82. The van der Waals surface area contributed by atoms with E-state index in [1.54, 1.807) is 0 Å². The van der Waals surface area contributed by atoms with Crippen molar-refractivity contribution in [2.45, 2.75) is 201 Å². The van der Waals surface area contributed by atoms with Gasteiger partial charge in [-0.05, 0) is 24.7 Å². The van der Waals surface area contributed by atoms with Crippen molar-refractivity contribution in [1.29, 1.82) is 0 Å². The van der Waals surface area contributed by atoms with Crippen molar-refractivity contribution in [1.82, 2.24) is 0 Å². The van der Waals surface area contributed by atoms with Gasteiger partial charge in [-0.25, -0.2) is 0 Å². The number of carboxylic acids is 1. The van der Waals surface area contributed by atoms with Gasteiger partial charge in [-0.2, -0.15) is 0 Å². The maximum Gasteiger partial charge on any atom is 0.0445 e. The summed E-state index contributed by atoms with van der Waals surface area (Å²) in [4.78, 5) is 12.0. The van der Waals surface area contributed by atoms with E-state index in [2.05, 4.69) is 20.8 Å². The molecule has 0 radical (unpaired) electrons. The van der Waals surface area contributed by atoms with Crippen LogP contribution in [0.15, 0.2) is 0 Å². The Morgan fingerprint density at radius 1 is 0.444 bits per heavy atom. The highest BCUT2D eigenvalue weighted by Gasteiger charge is 2.17. The summed E-state index contributed by atoms with van der Waals surface area (Å²) >= 11 is 0. The van der Waals surface area contributed by atoms with Gasteiger partial charge < -0.3 is 9.90 Å². The van der Waals surface area contributed by atoms with E-state index >= 15 is 0 Å². The highest BCUT2D eigenvalue weighted by atomic mass is 16.4. The van der Waals surface area contributed by atoms with Crippen LogP contribution in [0, 0.1) is 11.8 Å². The fourth-order valence-corrected chi connectivity index (χ4v) is 5.77. The fourth-order valence-electron chi connectivity index (χ4n) is 5.77. The van der Waals surface area contributed by atoms with E-state index in [-0.39, 0.29) is 5.92 Å². The minimum atomic E-state index is -0.783. The molecular formula is C34H67O2-. The lowest BCUT2D eigenvalue weighted by molar-refractivity contribution is -0.312. The Hall–Kier alpha value is -0.530. The molecule has 0 aromatic heterocycles. The molecule has 0 saturated carbocycles. The minimum absolute atomic E-state index is 0.224. The van der Waals surface area contributed by atoms with Gasteiger partial charge in [-0.3, -0.25) is 0 Å². The molecule has 0 aromatic carbocycles. The van der Waals surface area contributed by atoms with Gasteiger partial charge in [-0.1, -0.05) is 188 Å². The molecule has 0 N–H and O–H groups in total. The molecule has 216 valence electrons. The van der Waals surface area contributed by atoms with Crippen molar-refractivity contribution in [3.8, 4) is 0 Å². The van der Waals surface area contributed by atoms with Crippen LogP contribution >= 0.6 is 0 Å². The van der Waals surface area contributed by atoms with Crippen LogP contribution in [0.1, 0.15) is 201 Å². The van der Waals surface area contributed by atoms with Crippen LogP contribution in [0.2, 0.25) is 0 Å². The second-order valence-corrected chi connectivity index (χ2v) is 11.9. The maximum atomic E-state index is 12.0.